The molecule has 2 aromatic rings. The van der Waals surface area contributed by atoms with E-state index in [1.807, 2.05) is 12.1 Å². The highest BCUT2D eigenvalue weighted by Gasteiger charge is 2.10. The lowest BCUT2D eigenvalue weighted by molar-refractivity contribution is 0.102. The fourth-order valence-corrected chi connectivity index (χ4v) is 2.00. The number of ether oxygens (including phenoxy) is 2. The fraction of sp³-hybridized carbons (Fsp3) is 0.133. The van der Waals surface area contributed by atoms with E-state index in [4.69, 9.17) is 9.47 Å². The molecule has 0 aliphatic carbocycles. The Bertz CT molecular complexity index is 601. The second-order valence-electron chi connectivity index (χ2n) is 3.94. The highest BCUT2D eigenvalue weighted by molar-refractivity contribution is 9.09. The number of rotatable bonds is 5. The Hall–Kier alpha value is -2.01. The summed E-state index contributed by atoms with van der Waals surface area (Å²) in [6, 6.07) is 14.2. The molecule has 0 saturated heterocycles. The summed E-state index contributed by atoms with van der Waals surface area (Å²) in [4.78, 5) is 12.2. The molecule has 1 amide bonds. The van der Waals surface area contributed by atoms with Crippen molar-refractivity contribution in [3.05, 3.63) is 54.1 Å². The predicted octanol–water partition coefficient (Wildman–Crippen LogP) is 3.68. The van der Waals surface area contributed by atoms with Crippen LogP contribution in [0.25, 0.3) is 0 Å². The number of carbonyl (C=O) groups excluding carboxylic acids is 1. The third-order valence-corrected chi connectivity index (χ3v) is 2.90. The third kappa shape index (κ3) is 3.51. The Kier molecular flexibility index (Phi) is 5.01. The molecule has 0 spiro atoms. The zero-order valence-corrected chi connectivity index (χ0v) is 12.5. The summed E-state index contributed by atoms with van der Waals surface area (Å²) in [5.41, 5.74) is 1.53. The smallest absolute Gasteiger partial charge is 0.255 e. The monoisotopic (exact) mass is 335 g/mol. The first-order valence-electron chi connectivity index (χ1n) is 5.98. The molecule has 0 radical (unpaired) electrons. The van der Waals surface area contributed by atoms with E-state index in [2.05, 4.69) is 21.2 Å². The average molecular weight is 336 g/mol. The van der Waals surface area contributed by atoms with Crippen molar-refractivity contribution < 1.29 is 14.3 Å². The van der Waals surface area contributed by atoms with Crippen LogP contribution >= 0.6 is 15.9 Å². The van der Waals surface area contributed by atoms with E-state index in [1.54, 1.807) is 43.5 Å². The molecule has 0 unspecified atom stereocenters. The number of anilines is 1. The van der Waals surface area contributed by atoms with Gasteiger partial charge in [-0.3, -0.25) is 4.79 Å². The van der Waals surface area contributed by atoms with Crippen LogP contribution in [0.4, 0.5) is 5.69 Å². The van der Waals surface area contributed by atoms with Gasteiger partial charge in [-0.15, -0.1) is 0 Å². The Labute approximate surface area is 125 Å². The van der Waals surface area contributed by atoms with E-state index in [0.29, 0.717) is 28.3 Å². The van der Waals surface area contributed by atoms with Crippen LogP contribution in [0.3, 0.4) is 0 Å². The van der Waals surface area contributed by atoms with Crippen molar-refractivity contribution in [3.8, 4) is 11.5 Å². The summed E-state index contributed by atoms with van der Waals surface area (Å²) in [6.07, 6.45) is 0. The maximum Gasteiger partial charge on any atom is 0.255 e. The first-order chi connectivity index (χ1) is 9.74. The summed E-state index contributed by atoms with van der Waals surface area (Å²) < 4.78 is 10.5. The van der Waals surface area contributed by atoms with Crippen LogP contribution in [-0.2, 0) is 0 Å². The van der Waals surface area contributed by atoms with Gasteiger partial charge in [-0.1, -0.05) is 18.2 Å². The minimum absolute atomic E-state index is 0.213. The number of halogens is 1. The van der Waals surface area contributed by atoms with Gasteiger partial charge in [0, 0.05) is 5.56 Å². The Morgan fingerprint density at radius 2 is 2.00 bits per heavy atom. The molecule has 0 aliphatic rings. The first kappa shape index (κ1) is 14.4. The van der Waals surface area contributed by atoms with Gasteiger partial charge in [0.25, 0.3) is 5.91 Å². The van der Waals surface area contributed by atoms with Crippen molar-refractivity contribution in [2.75, 3.05) is 17.9 Å². The SMILES string of the molecule is COc1ccccc1NC(=O)c1cccc(OCBr)c1. The Balaban J connectivity index is 2.17. The van der Waals surface area contributed by atoms with Gasteiger partial charge in [0.15, 0.2) is 0 Å². The summed E-state index contributed by atoms with van der Waals surface area (Å²) >= 11 is 3.18. The largest absolute Gasteiger partial charge is 0.495 e. The Morgan fingerprint density at radius 3 is 2.75 bits per heavy atom. The molecule has 20 heavy (non-hydrogen) atoms. The molecule has 0 aromatic heterocycles. The van der Waals surface area contributed by atoms with E-state index in [-0.39, 0.29) is 5.91 Å². The van der Waals surface area contributed by atoms with Gasteiger partial charge < -0.3 is 14.8 Å². The Morgan fingerprint density at radius 1 is 1.20 bits per heavy atom. The summed E-state index contributed by atoms with van der Waals surface area (Å²) in [5, 5.41) is 2.82. The van der Waals surface area contributed by atoms with E-state index in [0.717, 1.165) is 0 Å². The molecule has 104 valence electrons. The topological polar surface area (TPSA) is 47.6 Å². The van der Waals surface area contributed by atoms with Crippen molar-refractivity contribution in [1.82, 2.24) is 0 Å². The minimum Gasteiger partial charge on any atom is -0.495 e. The van der Waals surface area contributed by atoms with Gasteiger partial charge >= 0.3 is 0 Å². The molecule has 0 saturated carbocycles. The van der Waals surface area contributed by atoms with E-state index >= 15 is 0 Å². The predicted molar refractivity (Wildman–Crippen MR) is 81.8 cm³/mol. The molecule has 1 N–H and O–H groups in total. The molecule has 2 aromatic carbocycles. The molecule has 0 fully saturated rings. The zero-order valence-electron chi connectivity index (χ0n) is 10.9. The second-order valence-corrected chi connectivity index (χ2v) is 4.39. The molecular weight excluding hydrogens is 322 g/mol. The molecule has 0 aliphatic heterocycles. The number of hydrogen-bond donors (Lipinski definition) is 1. The van der Waals surface area contributed by atoms with Gasteiger partial charge in [0.2, 0.25) is 0 Å². The van der Waals surface area contributed by atoms with E-state index in [1.165, 1.54) is 0 Å². The van der Waals surface area contributed by atoms with Gasteiger partial charge in [-0.25, -0.2) is 0 Å². The highest BCUT2D eigenvalue weighted by Crippen LogP contribution is 2.24. The molecule has 0 bridgehead atoms. The van der Waals surface area contributed by atoms with Crippen LogP contribution in [0.15, 0.2) is 48.5 Å². The number of nitrogens with one attached hydrogen (secondary N) is 1. The van der Waals surface area contributed by atoms with Crippen LogP contribution in [0.2, 0.25) is 0 Å². The number of alkyl halides is 1. The van der Waals surface area contributed by atoms with Crippen molar-refractivity contribution in [2.45, 2.75) is 0 Å². The lowest BCUT2D eigenvalue weighted by Crippen LogP contribution is -2.12. The van der Waals surface area contributed by atoms with E-state index in [9.17, 15) is 4.79 Å². The number of hydrogen-bond acceptors (Lipinski definition) is 3. The first-order valence-corrected chi connectivity index (χ1v) is 7.10. The standard InChI is InChI=1S/C15H14BrNO3/c1-19-14-8-3-2-7-13(14)17-15(18)11-5-4-6-12(9-11)20-10-16/h2-9H,10H2,1H3,(H,17,18). The van der Waals surface area contributed by atoms with Crippen molar-refractivity contribution in [1.29, 1.82) is 0 Å². The minimum atomic E-state index is -0.213. The van der Waals surface area contributed by atoms with Gasteiger partial charge in [-0.05, 0) is 46.3 Å². The number of amides is 1. The molecular formula is C15H14BrNO3. The van der Waals surface area contributed by atoms with Crippen LogP contribution in [-0.4, -0.2) is 18.5 Å². The quantitative estimate of drug-likeness (QED) is 0.848. The molecule has 5 heteroatoms. The van der Waals surface area contributed by atoms with E-state index < -0.39 is 0 Å². The van der Waals surface area contributed by atoms with Gasteiger partial charge in [-0.2, -0.15) is 0 Å². The van der Waals surface area contributed by atoms with Crippen LogP contribution < -0.4 is 14.8 Å². The molecule has 0 atom stereocenters. The van der Waals surface area contributed by atoms with Crippen LogP contribution in [0, 0.1) is 0 Å². The lowest BCUT2D eigenvalue weighted by Gasteiger charge is -2.10. The lowest BCUT2D eigenvalue weighted by atomic mass is 10.2. The summed E-state index contributed by atoms with van der Waals surface area (Å²) in [5.74, 6) is 1.04. The van der Waals surface area contributed by atoms with Crippen LogP contribution in [0.1, 0.15) is 10.4 Å². The average Bonchev–Trinajstić information content (AvgIpc) is 2.48. The van der Waals surface area contributed by atoms with Gasteiger partial charge in [0.1, 0.15) is 17.0 Å². The number of methoxy groups -OCH3 is 1. The van der Waals surface area contributed by atoms with Gasteiger partial charge in [0.05, 0.1) is 12.8 Å². The van der Waals surface area contributed by atoms with Crippen molar-refractivity contribution in [3.63, 3.8) is 0 Å². The molecule has 0 heterocycles. The second kappa shape index (κ2) is 6.96. The number of benzene rings is 2. The number of carbonyl (C=O) groups is 1. The highest BCUT2D eigenvalue weighted by atomic mass is 79.9. The zero-order chi connectivity index (χ0) is 14.4. The van der Waals surface area contributed by atoms with Crippen molar-refractivity contribution >= 4 is 27.5 Å². The summed E-state index contributed by atoms with van der Waals surface area (Å²) in [7, 11) is 1.56. The summed E-state index contributed by atoms with van der Waals surface area (Å²) in [6.45, 7) is 0. The molecule has 2 rings (SSSR count). The normalized spacial score (nSPS) is 9.90. The van der Waals surface area contributed by atoms with Crippen LogP contribution in [0.5, 0.6) is 11.5 Å². The number of para-hydroxylation sites is 2. The maximum absolute atomic E-state index is 12.2. The molecule has 4 nitrogen and oxygen atoms in total. The third-order valence-electron chi connectivity index (χ3n) is 2.67. The maximum atomic E-state index is 12.2. The fourth-order valence-electron chi connectivity index (χ4n) is 1.73. The van der Waals surface area contributed by atoms with Crippen molar-refractivity contribution in [2.24, 2.45) is 0 Å².